The van der Waals surface area contributed by atoms with E-state index in [0.29, 0.717) is 24.4 Å². The third-order valence-electron chi connectivity index (χ3n) is 6.33. The zero-order valence-electron chi connectivity index (χ0n) is 18.6. The lowest BCUT2D eigenvalue weighted by Crippen LogP contribution is -2.31. The Labute approximate surface area is 192 Å². The second-order valence-corrected chi connectivity index (χ2v) is 8.45. The fourth-order valence-electron chi connectivity index (χ4n) is 4.56. The van der Waals surface area contributed by atoms with Crippen LogP contribution in [0.2, 0.25) is 0 Å². The van der Waals surface area contributed by atoms with Gasteiger partial charge < -0.3 is 19.6 Å². The van der Waals surface area contributed by atoms with Crippen LogP contribution in [0.1, 0.15) is 53.3 Å². The number of likely N-dealkylation sites (tertiary alicyclic amines) is 1. The summed E-state index contributed by atoms with van der Waals surface area (Å²) in [7, 11) is 1.51. The number of aromatic nitrogens is 2. The van der Waals surface area contributed by atoms with Crippen LogP contribution in [0.5, 0.6) is 0 Å². The van der Waals surface area contributed by atoms with E-state index >= 15 is 0 Å². The van der Waals surface area contributed by atoms with Crippen molar-refractivity contribution in [3.8, 4) is 11.1 Å². The fraction of sp³-hybridized carbons (Fsp3) is 0.360. The molecular formula is C25H27N5O3. The smallest absolute Gasteiger partial charge is 0.254 e. The van der Waals surface area contributed by atoms with Gasteiger partial charge in [-0.05, 0) is 49.2 Å². The minimum atomic E-state index is -0.358. The van der Waals surface area contributed by atoms with Gasteiger partial charge in [0.15, 0.2) is 5.82 Å². The number of amides is 1. The quantitative estimate of drug-likeness (QED) is 0.601. The summed E-state index contributed by atoms with van der Waals surface area (Å²) in [6.07, 6.45) is 2.47. The molecule has 1 amide bonds. The molecule has 2 aromatic carbocycles. The number of rotatable bonds is 5. The first-order valence-electron chi connectivity index (χ1n) is 11.3. The Bertz CT molecular complexity index is 1120. The van der Waals surface area contributed by atoms with Crippen molar-refractivity contribution in [1.29, 1.82) is 0 Å². The lowest BCUT2D eigenvalue weighted by atomic mass is 9.98. The Morgan fingerprint density at radius 3 is 2.55 bits per heavy atom. The van der Waals surface area contributed by atoms with Gasteiger partial charge in [-0.3, -0.25) is 4.79 Å². The van der Waals surface area contributed by atoms with Crippen LogP contribution in [0, 0.1) is 0 Å². The lowest BCUT2D eigenvalue weighted by Gasteiger charge is -2.21. The molecule has 0 unspecified atom stereocenters. The van der Waals surface area contributed by atoms with Gasteiger partial charge in [-0.15, -0.1) is 0 Å². The fourth-order valence-corrected chi connectivity index (χ4v) is 4.56. The number of hydrogen-bond acceptors (Lipinski definition) is 7. The highest BCUT2D eigenvalue weighted by molar-refractivity contribution is 6.00. The first kappa shape index (κ1) is 21.3. The molecule has 2 aliphatic heterocycles. The number of benzene rings is 2. The van der Waals surface area contributed by atoms with Crippen molar-refractivity contribution in [3.63, 3.8) is 0 Å². The van der Waals surface area contributed by atoms with Crippen molar-refractivity contribution in [1.82, 2.24) is 20.4 Å². The van der Waals surface area contributed by atoms with Gasteiger partial charge in [-0.2, -0.15) is 4.98 Å². The highest BCUT2D eigenvalue weighted by Gasteiger charge is 2.39. The molecule has 3 heterocycles. The average Bonchev–Trinajstić information content (AvgIpc) is 3.53. The maximum Gasteiger partial charge on any atom is 0.254 e. The summed E-state index contributed by atoms with van der Waals surface area (Å²) in [6.45, 7) is 2.27. The molecule has 0 radical (unpaired) electrons. The number of carbonyl (C=O) groups is 1. The van der Waals surface area contributed by atoms with Crippen LogP contribution in [0.3, 0.4) is 0 Å². The van der Waals surface area contributed by atoms with E-state index < -0.39 is 0 Å². The lowest BCUT2D eigenvalue weighted by molar-refractivity contribution is 0.0713. The van der Waals surface area contributed by atoms with Crippen LogP contribution in [0.15, 0.2) is 64.3 Å². The van der Waals surface area contributed by atoms with E-state index in [1.165, 1.54) is 7.11 Å². The topological polar surface area (TPSA) is 92.8 Å². The molecule has 0 spiro atoms. The summed E-state index contributed by atoms with van der Waals surface area (Å²) >= 11 is 0. The van der Waals surface area contributed by atoms with E-state index in [1.807, 2.05) is 42.5 Å². The number of hydrogen-bond donors (Lipinski definition) is 1. The van der Waals surface area contributed by atoms with Crippen LogP contribution < -0.4 is 5.32 Å². The molecule has 1 atom stereocenters. The number of carbonyl (C=O) groups excluding carboxylic acids is 1. The molecule has 8 heteroatoms. The Morgan fingerprint density at radius 2 is 1.82 bits per heavy atom. The monoisotopic (exact) mass is 445 g/mol. The predicted molar refractivity (Wildman–Crippen MR) is 124 cm³/mol. The van der Waals surface area contributed by atoms with Gasteiger partial charge in [0.1, 0.15) is 13.2 Å². The molecule has 1 N–H and O–H groups in total. The van der Waals surface area contributed by atoms with Gasteiger partial charge in [0.2, 0.25) is 5.89 Å². The second kappa shape index (κ2) is 9.54. The van der Waals surface area contributed by atoms with Crippen LogP contribution in [-0.4, -0.2) is 53.4 Å². The van der Waals surface area contributed by atoms with Crippen molar-refractivity contribution in [2.24, 2.45) is 5.16 Å². The van der Waals surface area contributed by atoms with Crippen molar-refractivity contribution >= 4 is 11.6 Å². The number of oxime groups is 1. The van der Waals surface area contributed by atoms with Crippen molar-refractivity contribution in [2.75, 3.05) is 26.7 Å². The third kappa shape index (κ3) is 4.52. The highest BCUT2D eigenvalue weighted by atomic mass is 16.6. The zero-order valence-corrected chi connectivity index (χ0v) is 18.6. The second-order valence-electron chi connectivity index (χ2n) is 8.45. The molecule has 2 fully saturated rings. The minimum absolute atomic E-state index is 0.0949. The van der Waals surface area contributed by atoms with Gasteiger partial charge in [-0.25, -0.2) is 0 Å². The molecule has 0 aliphatic carbocycles. The molecule has 5 rings (SSSR count). The summed E-state index contributed by atoms with van der Waals surface area (Å²) in [4.78, 5) is 24.9. The standard InChI is InChI=1S/C25H27N5O3/c1-32-28-21-15-22(24-27-23(29-33-24)19-11-13-26-14-12-19)30(16-21)25(31)20-9-7-18(8-10-20)17-5-3-2-4-6-17/h2-10,19,22,26H,11-16H2,1H3/b28-21+/t22-/m0/s1. The van der Waals surface area contributed by atoms with Crippen LogP contribution >= 0.6 is 0 Å². The maximum atomic E-state index is 13.5. The van der Waals surface area contributed by atoms with Gasteiger partial charge >= 0.3 is 0 Å². The van der Waals surface area contributed by atoms with E-state index in [0.717, 1.165) is 48.6 Å². The number of nitrogens with zero attached hydrogens (tertiary/aromatic N) is 4. The minimum Gasteiger partial charge on any atom is -0.399 e. The molecule has 2 aliphatic rings. The molecule has 0 saturated carbocycles. The van der Waals surface area contributed by atoms with Gasteiger partial charge in [0, 0.05) is 17.9 Å². The van der Waals surface area contributed by atoms with Gasteiger partial charge in [0.25, 0.3) is 5.91 Å². The van der Waals surface area contributed by atoms with Gasteiger partial charge in [-0.1, -0.05) is 52.8 Å². The Balaban J connectivity index is 1.38. The number of nitrogens with one attached hydrogen (secondary N) is 1. The Morgan fingerprint density at radius 1 is 1.09 bits per heavy atom. The SMILES string of the molecule is CO/N=C1\C[C@@H](c2nc(C3CCNCC3)no2)N(C(=O)c2ccc(-c3ccccc3)cc2)C1. The summed E-state index contributed by atoms with van der Waals surface area (Å²) in [5.74, 6) is 1.37. The van der Waals surface area contributed by atoms with Crippen LogP contribution in [0.4, 0.5) is 0 Å². The summed E-state index contributed by atoms with van der Waals surface area (Å²) in [5, 5.41) is 11.7. The summed E-state index contributed by atoms with van der Waals surface area (Å²) in [6, 6.07) is 17.4. The van der Waals surface area contributed by atoms with E-state index in [1.54, 1.807) is 4.90 Å². The van der Waals surface area contributed by atoms with Crippen molar-refractivity contribution in [3.05, 3.63) is 71.9 Å². The van der Waals surface area contributed by atoms with Crippen LogP contribution in [-0.2, 0) is 4.84 Å². The molecule has 3 aromatic rings. The predicted octanol–water partition coefficient (Wildman–Crippen LogP) is 3.79. The van der Waals surface area contributed by atoms with E-state index in [4.69, 9.17) is 14.3 Å². The largest absolute Gasteiger partial charge is 0.399 e. The number of piperidine rings is 1. The Kier molecular flexibility index (Phi) is 6.17. The van der Waals surface area contributed by atoms with Crippen LogP contribution in [0.25, 0.3) is 11.1 Å². The van der Waals surface area contributed by atoms with Crippen molar-refractivity contribution in [2.45, 2.75) is 31.2 Å². The molecule has 0 bridgehead atoms. The van der Waals surface area contributed by atoms with Crippen molar-refractivity contribution < 1.29 is 14.2 Å². The Hall–Kier alpha value is -3.52. The molecule has 8 nitrogen and oxygen atoms in total. The van der Waals surface area contributed by atoms with Gasteiger partial charge in [0.05, 0.1) is 12.3 Å². The molecule has 2 saturated heterocycles. The molecule has 170 valence electrons. The first-order chi connectivity index (χ1) is 16.2. The molecular weight excluding hydrogens is 418 g/mol. The maximum absolute atomic E-state index is 13.5. The summed E-state index contributed by atoms with van der Waals surface area (Å²) in [5.41, 5.74) is 3.56. The molecule has 33 heavy (non-hydrogen) atoms. The summed E-state index contributed by atoms with van der Waals surface area (Å²) < 4.78 is 5.65. The van der Waals surface area contributed by atoms with E-state index in [-0.39, 0.29) is 17.9 Å². The first-order valence-corrected chi connectivity index (χ1v) is 11.3. The van der Waals surface area contributed by atoms with E-state index in [9.17, 15) is 4.79 Å². The average molecular weight is 446 g/mol. The zero-order chi connectivity index (χ0) is 22.6. The van der Waals surface area contributed by atoms with E-state index in [2.05, 4.69) is 27.8 Å². The molecule has 1 aromatic heterocycles. The normalized spacial score (nSPS) is 20.3. The third-order valence-corrected chi connectivity index (χ3v) is 6.33. The highest BCUT2D eigenvalue weighted by Crippen LogP contribution is 2.33.